The highest BCUT2D eigenvalue weighted by Crippen LogP contribution is 2.15. The minimum absolute atomic E-state index is 0.430. The molecule has 0 aromatic carbocycles. The number of hydrogen-bond donors (Lipinski definition) is 1. The van der Waals surface area contributed by atoms with Crippen LogP contribution in [0.4, 0.5) is 0 Å². The number of rotatable bonds is 6. The van der Waals surface area contributed by atoms with Gasteiger partial charge in [-0.15, -0.1) is 0 Å². The summed E-state index contributed by atoms with van der Waals surface area (Å²) in [5.41, 5.74) is 0.980. The quantitative estimate of drug-likeness (QED) is 0.570. The van der Waals surface area contributed by atoms with Crippen LogP contribution < -0.4 is 5.32 Å². The summed E-state index contributed by atoms with van der Waals surface area (Å²) in [6.07, 6.45) is 6.37. The Morgan fingerprint density at radius 3 is 3.00 bits per heavy atom. The van der Waals surface area contributed by atoms with Gasteiger partial charge in [-0.3, -0.25) is 0 Å². The number of furan rings is 1. The van der Waals surface area contributed by atoms with Crippen LogP contribution >= 0.6 is 0 Å². The van der Waals surface area contributed by atoms with Crippen LogP contribution in [0.1, 0.15) is 11.5 Å². The van der Waals surface area contributed by atoms with Crippen LogP contribution in [-0.2, 0) is 13.1 Å². The maximum atomic E-state index is 5.23. The average molecular weight is 323 g/mol. The molecular formula is C15H13N7O2. The summed E-state index contributed by atoms with van der Waals surface area (Å²) in [7, 11) is 0. The summed E-state index contributed by atoms with van der Waals surface area (Å²) in [6.45, 7) is 1.00. The Bertz CT molecular complexity index is 900. The highest BCUT2D eigenvalue weighted by atomic mass is 16.5. The third kappa shape index (κ3) is 2.92. The second kappa shape index (κ2) is 6.42. The minimum atomic E-state index is 0.430. The van der Waals surface area contributed by atoms with Crippen molar-refractivity contribution < 1.29 is 8.94 Å². The average Bonchev–Trinajstić information content (AvgIpc) is 3.37. The van der Waals surface area contributed by atoms with Gasteiger partial charge >= 0.3 is 0 Å². The Morgan fingerprint density at radius 2 is 2.17 bits per heavy atom. The summed E-state index contributed by atoms with van der Waals surface area (Å²) in [6, 6.07) is 7.40. The summed E-state index contributed by atoms with van der Waals surface area (Å²) in [5.74, 6) is 2.21. The largest absolute Gasteiger partial charge is 0.461 e. The van der Waals surface area contributed by atoms with Crippen LogP contribution in [0.3, 0.4) is 0 Å². The predicted molar refractivity (Wildman–Crippen MR) is 81.7 cm³/mol. The number of pyridine rings is 1. The minimum Gasteiger partial charge on any atom is -0.461 e. The molecule has 9 nitrogen and oxygen atoms in total. The first kappa shape index (κ1) is 14.3. The molecule has 24 heavy (non-hydrogen) atoms. The van der Waals surface area contributed by atoms with E-state index >= 15 is 0 Å². The summed E-state index contributed by atoms with van der Waals surface area (Å²) in [5, 5.41) is 11.2. The van der Waals surface area contributed by atoms with Crippen molar-refractivity contribution in [3.63, 3.8) is 0 Å². The van der Waals surface area contributed by atoms with Gasteiger partial charge in [-0.1, -0.05) is 11.2 Å². The molecule has 4 aromatic heterocycles. The van der Waals surface area contributed by atoms with Crippen LogP contribution in [0.2, 0.25) is 0 Å². The Balaban J connectivity index is 1.42. The third-order valence-electron chi connectivity index (χ3n) is 3.30. The zero-order valence-electron chi connectivity index (χ0n) is 12.5. The molecule has 0 amide bonds. The molecule has 0 atom stereocenters. The molecule has 0 saturated carbocycles. The molecule has 120 valence electrons. The zero-order valence-corrected chi connectivity index (χ0v) is 12.5. The van der Waals surface area contributed by atoms with E-state index in [0.29, 0.717) is 30.6 Å². The van der Waals surface area contributed by atoms with Gasteiger partial charge in [0.05, 0.1) is 12.8 Å². The van der Waals surface area contributed by atoms with Crippen molar-refractivity contribution in [2.75, 3.05) is 0 Å². The van der Waals surface area contributed by atoms with Crippen LogP contribution in [0.5, 0.6) is 0 Å². The highest BCUT2D eigenvalue weighted by molar-refractivity contribution is 5.44. The van der Waals surface area contributed by atoms with Gasteiger partial charge in [0.15, 0.2) is 11.6 Å². The first-order valence-electron chi connectivity index (χ1n) is 7.26. The second-order valence-electron chi connectivity index (χ2n) is 4.92. The van der Waals surface area contributed by atoms with Crippen molar-refractivity contribution in [2.45, 2.75) is 13.1 Å². The number of nitrogens with zero attached hydrogens (tertiary/aromatic N) is 6. The van der Waals surface area contributed by atoms with Gasteiger partial charge in [0, 0.05) is 18.3 Å². The highest BCUT2D eigenvalue weighted by Gasteiger charge is 2.11. The van der Waals surface area contributed by atoms with E-state index in [0.717, 1.165) is 11.4 Å². The third-order valence-corrected chi connectivity index (χ3v) is 3.30. The molecular weight excluding hydrogens is 310 g/mol. The van der Waals surface area contributed by atoms with E-state index in [1.807, 2.05) is 12.1 Å². The van der Waals surface area contributed by atoms with Crippen molar-refractivity contribution in [2.24, 2.45) is 0 Å². The van der Waals surface area contributed by atoms with E-state index in [1.54, 1.807) is 35.6 Å². The molecule has 4 aromatic rings. The number of aromatic nitrogens is 6. The van der Waals surface area contributed by atoms with E-state index in [9.17, 15) is 0 Å². The van der Waals surface area contributed by atoms with Gasteiger partial charge in [0.1, 0.15) is 12.7 Å². The van der Waals surface area contributed by atoms with Gasteiger partial charge in [-0.25, -0.2) is 14.6 Å². The second-order valence-corrected chi connectivity index (χ2v) is 4.92. The summed E-state index contributed by atoms with van der Waals surface area (Å²) in [4.78, 5) is 12.6. The Morgan fingerprint density at radius 1 is 1.17 bits per heavy atom. The number of nitrogens with one attached hydrogen (secondary N) is 1. The van der Waals surface area contributed by atoms with E-state index < -0.39 is 0 Å². The molecule has 0 unspecified atom stereocenters. The number of hydrogen-bond acceptors (Lipinski definition) is 8. The SMILES string of the molecule is c1coc(-c2noc(CNCc3cccnc3-n3cncn3)n2)c1. The van der Waals surface area contributed by atoms with Crippen molar-refractivity contribution in [1.82, 2.24) is 35.2 Å². The fraction of sp³-hybridized carbons (Fsp3) is 0.133. The van der Waals surface area contributed by atoms with Gasteiger partial charge in [-0.2, -0.15) is 10.1 Å². The van der Waals surface area contributed by atoms with E-state index in [2.05, 4.69) is 30.5 Å². The molecule has 0 spiro atoms. The maximum Gasteiger partial charge on any atom is 0.241 e. The van der Waals surface area contributed by atoms with Crippen LogP contribution in [-0.4, -0.2) is 29.9 Å². The fourth-order valence-corrected chi connectivity index (χ4v) is 2.23. The topological polar surface area (TPSA) is 108 Å². The lowest BCUT2D eigenvalue weighted by Crippen LogP contribution is -2.15. The molecule has 0 fully saturated rings. The first-order valence-corrected chi connectivity index (χ1v) is 7.26. The molecule has 9 heteroatoms. The van der Waals surface area contributed by atoms with Crippen molar-refractivity contribution in [1.29, 1.82) is 0 Å². The standard InChI is InChI=1S/C15H13N7O2/c1-3-11(15(18-5-1)22-10-17-9-19-22)7-16-8-13-20-14(21-24-13)12-4-2-6-23-12/h1-6,9-10,16H,7-8H2. The smallest absolute Gasteiger partial charge is 0.241 e. The van der Waals surface area contributed by atoms with Gasteiger partial charge < -0.3 is 14.3 Å². The van der Waals surface area contributed by atoms with Crippen LogP contribution in [0, 0.1) is 0 Å². The van der Waals surface area contributed by atoms with Crippen molar-refractivity contribution in [3.8, 4) is 17.4 Å². The molecule has 0 aliphatic carbocycles. The molecule has 0 saturated heterocycles. The van der Waals surface area contributed by atoms with Gasteiger partial charge in [-0.05, 0) is 18.2 Å². The van der Waals surface area contributed by atoms with Crippen LogP contribution in [0.15, 0.2) is 58.3 Å². The lowest BCUT2D eigenvalue weighted by atomic mass is 10.2. The lowest BCUT2D eigenvalue weighted by Gasteiger charge is -2.07. The molecule has 0 aliphatic rings. The molecule has 1 N–H and O–H groups in total. The van der Waals surface area contributed by atoms with E-state index in [4.69, 9.17) is 8.94 Å². The molecule has 0 bridgehead atoms. The normalized spacial score (nSPS) is 11.0. The zero-order chi connectivity index (χ0) is 16.2. The summed E-state index contributed by atoms with van der Waals surface area (Å²) >= 11 is 0. The maximum absolute atomic E-state index is 5.23. The molecule has 4 heterocycles. The van der Waals surface area contributed by atoms with Crippen molar-refractivity contribution in [3.05, 3.63) is 60.8 Å². The van der Waals surface area contributed by atoms with Crippen molar-refractivity contribution >= 4 is 0 Å². The molecule has 0 radical (unpaired) electrons. The lowest BCUT2D eigenvalue weighted by molar-refractivity contribution is 0.366. The molecule has 4 rings (SSSR count). The Labute approximate surface area is 136 Å². The Hall–Kier alpha value is -3.33. The van der Waals surface area contributed by atoms with E-state index in [-0.39, 0.29) is 0 Å². The van der Waals surface area contributed by atoms with Gasteiger partial charge in [0.25, 0.3) is 0 Å². The van der Waals surface area contributed by atoms with Gasteiger partial charge in [0.2, 0.25) is 11.7 Å². The van der Waals surface area contributed by atoms with Crippen LogP contribution in [0.25, 0.3) is 17.4 Å². The fourth-order valence-electron chi connectivity index (χ4n) is 2.23. The monoisotopic (exact) mass is 323 g/mol. The summed E-state index contributed by atoms with van der Waals surface area (Å²) < 4.78 is 12.1. The first-order chi connectivity index (χ1) is 11.9. The predicted octanol–water partition coefficient (Wildman–Crippen LogP) is 1.60. The van der Waals surface area contributed by atoms with E-state index in [1.165, 1.54) is 6.33 Å². The molecule has 0 aliphatic heterocycles. The Kier molecular flexibility index (Phi) is 3.82.